The molecule has 1 saturated heterocycles. The monoisotopic (exact) mass is 817 g/mol. The smallest absolute Gasteiger partial charge is 0.264 e. The van der Waals surface area contributed by atoms with Crippen LogP contribution in [0.5, 0.6) is 0 Å². The van der Waals surface area contributed by atoms with E-state index in [-0.39, 0.29) is 83.7 Å². The minimum atomic E-state index is -0.984. The number of pyridine rings is 2. The van der Waals surface area contributed by atoms with Crippen molar-refractivity contribution >= 4 is 69.2 Å². The molecule has 5 heterocycles. The van der Waals surface area contributed by atoms with Crippen LogP contribution in [0.2, 0.25) is 0 Å². The Hall–Kier alpha value is -6.20. The lowest BCUT2D eigenvalue weighted by Crippen LogP contribution is -2.47. The van der Waals surface area contributed by atoms with Crippen LogP contribution in [-0.2, 0) is 19.1 Å². The number of carbonyl (C=O) groups excluding carboxylic acids is 6. The van der Waals surface area contributed by atoms with Crippen molar-refractivity contribution in [2.24, 2.45) is 0 Å². The summed E-state index contributed by atoms with van der Waals surface area (Å²) in [4.78, 5) is 109. The zero-order valence-corrected chi connectivity index (χ0v) is 33.7. The number of nitrogens with zero attached hydrogens (tertiary/aromatic N) is 7. The fourth-order valence-corrected chi connectivity index (χ4v) is 8.80. The first-order valence-corrected chi connectivity index (χ1v) is 20.5. The molecule has 8 rings (SSSR count). The molecule has 2 N–H and O–H groups in total. The standard InChI is InChI=1S/C43H47N9O8/c1-25-31-24-45-43(48-39(31)51(27-6-3-4-7-27)41(58)37(25)26(2)53)47-35-13-10-28(23-44-35)50-17-15-49(16-18-50)19-21-60-20-14-36(56)46-32-9-5-8-30-38(32)42(59)52(40(30)57)33-12-11-29(54)22-34(33)55/h5,8-10,13,23-24,27,33H,3-4,6-7,11-12,14-22H2,1-2H3,(H,46,56)(H,44,45,47,48). The molecule has 3 fully saturated rings. The highest BCUT2D eigenvalue weighted by molar-refractivity contribution is 6.26. The SMILES string of the molecule is CC(=O)c1c(C)c2cnc(Nc3ccc(N4CCN(CCOCCC(=O)Nc5cccc6c5C(=O)N(C5CCC(=O)CC5=O)C6=O)CC4)cn3)nc2n(C2CCCC2)c1=O. The summed E-state index contributed by atoms with van der Waals surface area (Å²) in [6.07, 6.45) is 7.22. The largest absolute Gasteiger partial charge is 0.380 e. The van der Waals surface area contributed by atoms with E-state index in [0.717, 1.165) is 62.4 Å². The normalized spacial score (nSPS) is 18.7. The summed E-state index contributed by atoms with van der Waals surface area (Å²) in [5.41, 5.74) is 2.36. The number of rotatable bonds is 13. The molecule has 1 aromatic carbocycles. The Labute approximate surface area is 345 Å². The van der Waals surface area contributed by atoms with Crippen molar-refractivity contribution in [1.82, 2.24) is 29.3 Å². The van der Waals surface area contributed by atoms with E-state index in [2.05, 4.69) is 30.4 Å². The summed E-state index contributed by atoms with van der Waals surface area (Å²) in [5, 5.41) is 6.59. The predicted octanol–water partition coefficient (Wildman–Crippen LogP) is 4.01. The van der Waals surface area contributed by atoms with Crippen LogP contribution in [0, 0.1) is 6.92 Å². The van der Waals surface area contributed by atoms with E-state index in [1.54, 1.807) is 36.0 Å². The number of nitrogens with one attached hydrogen (secondary N) is 2. The number of benzene rings is 1. The zero-order chi connectivity index (χ0) is 42.1. The molecular weight excluding hydrogens is 771 g/mol. The average molecular weight is 818 g/mol. The molecule has 1 atom stereocenters. The summed E-state index contributed by atoms with van der Waals surface area (Å²) in [6.45, 7) is 7.69. The van der Waals surface area contributed by atoms with Crippen LogP contribution in [0.25, 0.3) is 11.0 Å². The van der Waals surface area contributed by atoms with Crippen LogP contribution >= 0.6 is 0 Å². The Morgan fingerprint density at radius 3 is 2.40 bits per heavy atom. The molecule has 17 heteroatoms. The molecule has 2 saturated carbocycles. The molecule has 0 radical (unpaired) electrons. The van der Waals surface area contributed by atoms with Gasteiger partial charge in [-0.2, -0.15) is 4.98 Å². The lowest BCUT2D eigenvalue weighted by atomic mass is 9.92. The maximum atomic E-state index is 13.5. The Balaban J connectivity index is 0.787. The average Bonchev–Trinajstić information content (AvgIpc) is 3.85. The summed E-state index contributed by atoms with van der Waals surface area (Å²) in [5.74, 6) is -1.67. The number of ketones is 3. The van der Waals surface area contributed by atoms with Gasteiger partial charge in [-0.25, -0.2) is 9.97 Å². The highest BCUT2D eigenvalue weighted by Gasteiger charge is 2.45. The van der Waals surface area contributed by atoms with E-state index >= 15 is 0 Å². The third kappa shape index (κ3) is 8.06. The zero-order valence-electron chi connectivity index (χ0n) is 33.7. The summed E-state index contributed by atoms with van der Waals surface area (Å²) >= 11 is 0. The molecule has 1 unspecified atom stereocenters. The van der Waals surface area contributed by atoms with Crippen molar-refractivity contribution < 1.29 is 33.5 Å². The summed E-state index contributed by atoms with van der Waals surface area (Å²) < 4.78 is 7.47. The van der Waals surface area contributed by atoms with Crippen LogP contribution in [0.15, 0.2) is 47.5 Å². The quantitative estimate of drug-likeness (QED) is 0.0847. The number of hydrogen-bond acceptors (Lipinski definition) is 14. The van der Waals surface area contributed by atoms with Gasteiger partial charge in [0.1, 0.15) is 17.2 Å². The number of amides is 3. The molecular formula is C43H47N9O8. The van der Waals surface area contributed by atoms with Gasteiger partial charge in [0.15, 0.2) is 11.6 Å². The van der Waals surface area contributed by atoms with Crippen LogP contribution in [0.3, 0.4) is 0 Å². The van der Waals surface area contributed by atoms with E-state index in [1.165, 1.54) is 13.0 Å². The Morgan fingerprint density at radius 2 is 1.68 bits per heavy atom. The van der Waals surface area contributed by atoms with Gasteiger partial charge in [-0.15, -0.1) is 0 Å². The number of piperazine rings is 1. The lowest BCUT2D eigenvalue weighted by molar-refractivity contribution is -0.132. The van der Waals surface area contributed by atoms with Crippen molar-refractivity contribution in [1.29, 1.82) is 0 Å². The first-order chi connectivity index (χ1) is 29.0. The topological polar surface area (TPSA) is 206 Å². The number of aryl methyl sites for hydroxylation is 1. The minimum Gasteiger partial charge on any atom is -0.380 e. The number of ether oxygens (including phenoxy) is 1. The van der Waals surface area contributed by atoms with Gasteiger partial charge >= 0.3 is 0 Å². The number of Topliss-reactive ketones (excluding diaryl/α,β-unsaturated/α-hetero) is 3. The molecule has 3 aromatic heterocycles. The van der Waals surface area contributed by atoms with Gasteiger partial charge in [0.2, 0.25) is 11.9 Å². The molecule has 17 nitrogen and oxygen atoms in total. The third-order valence-electron chi connectivity index (χ3n) is 12.0. The van der Waals surface area contributed by atoms with Gasteiger partial charge in [0.25, 0.3) is 17.4 Å². The number of imide groups is 1. The summed E-state index contributed by atoms with van der Waals surface area (Å²) in [6, 6.07) is 7.48. The minimum absolute atomic E-state index is 0.0101. The highest BCUT2D eigenvalue weighted by atomic mass is 16.5. The van der Waals surface area contributed by atoms with Gasteiger partial charge < -0.3 is 20.3 Å². The second-order valence-corrected chi connectivity index (χ2v) is 15.8. The summed E-state index contributed by atoms with van der Waals surface area (Å²) in [7, 11) is 0. The molecule has 4 aliphatic rings. The number of carbonyl (C=O) groups is 6. The van der Waals surface area contributed by atoms with Crippen molar-refractivity contribution in [2.75, 3.05) is 61.5 Å². The highest BCUT2D eigenvalue weighted by Crippen LogP contribution is 2.34. The van der Waals surface area contributed by atoms with E-state index in [4.69, 9.17) is 9.72 Å². The molecule has 0 bridgehead atoms. The molecule has 4 aromatic rings. The third-order valence-corrected chi connectivity index (χ3v) is 12.0. The van der Waals surface area contributed by atoms with E-state index in [1.807, 2.05) is 12.1 Å². The van der Waals surface area contributed by atoms with Gasteiger partial charge in [-0.1, -0.05) is 18.9 Å². The van der Waals surface area contributed by atoms with Crippen molar-refractivity contribution in [3.8, 4) is 0 Å². The lowest BCUT2D eigenvalue weighted by Gasteiger charge is -2.35. The van der Waals surface area contributed by atoms with Gasteiger partial charge in [-0.05, 0) is 62.9 Å². The maximum Gasteiger partial charge on any atom is 0.264 e. The first kappa shape index (κ1) is 40.6. The van der Waals surface area contributed by atoms with Crippen LogP contribution < -0.4 is 21.1 Å². The molecule has 2 aliphatic heterocycles. The number of anilines is 4. The molecule has 3 amide bonds. The van der Waals surface area contributed by atoms with E-state index < -0.39 is 23.6 Å². The molecule has 2 aliphatic carbocycles. The van der Waals surface area contributed by atoms with E-state index in [0.29, 0.717) is 41.5 Å². The van der Waals surface area contributed by atoms with Crippen LogP contribution in [0.1, 0.15) is 101 Å². The molecule has 312 valence electrons. The second-order valence-electron chi connectivity index (χ2n) is 15.8. The number of fused-ring (bicyclic) bond motifs is 2. The Morgan fingerprint density at radius 1 is 0.900 bits per heavy atom. The Bertz CT molecular complexity index is 2450. The van der Waals surface area contributed by atoms with Crippen LogP contribution in [-0.4, -0.2) is 116 Å². The van der Waals surface area contributed by atoms with Gasteiger partial charge in [0, 0.05) is 56.8 Å². The molecule has 60 heavy (non-hydrogen) atoms. The second kappa shape index (κ2) is 17.2. The van der Waals surface area contributed by atoms with E-state index in [9.17, 15) is 33.6 Å². The fraction of sp³-hybridized carbons (Fsp3) is 0.442. The fourth-order valence-electron chi connectivity index (χ4n) is 8.80. The maximum absolute atomic E-state index is 13.5. The number of aromatic nitrogens is 4. The van der Waals surface area contributed by atoms with Crippen LogP contribution in [0.4, 0.5) is 23.1 Å². The van der Waals surface area contributed by atoms with Crippen molar-refractivity contribution in [3.05, 3.63) is 75.3 Å². The first-order valence-electron chi connectivity index (χ1n) is 20.5. The Kier molecular flexibility index (Phi) is 11.6. The van der Waals surface area contributed by atoms with Crippen molar-refractivity contribution in [3.63, 3.8) is 0 Å². The number of hydrogen-bond donors (Lipinski definition) is 2. The van der Waals surface area contributed by atoms with Gasteiger partial charge in [0.05, 0.1) is 66.4 Å². The van der Waals surface area contributed by atoms with Gasteiger partial charge in [-0.3, -0.25) is 47.9 Å². The predicted molar refractivity (Wildman–Crippen MR) is 221 cm³/mol. The van der Waals surface area contributed by atoms with Crippen molar-refractivity contribution in [2.45, 2.75) is 77.3 Å². The molecule has 0 spiro atoms.